The fourth-order valence-electron chi connectivity index (χ4n) is 3.98. The van der Waals surface area contributed by atoms with E-state index in [1.807, 2.05) is 48.5 Å². The van der Waals surface area contributed by atoms with Gasteiger partial charge in [-0.15, -0.1) is 10.2 Å². The first-order valence-electron chi connectivity index (χ1n) is 10.6. The predicted molar refractivity (Wildman–Crippen MR) is 126 cm³/mol. The van der Waals surface area contributed by atoms with Crippen molar-refractivity contribution in [3.05, 3.63) is 64.4 Å². The molecule has 2 aromatic carbocycles. The maximum atomic E-state index is 12.8. The molecule has 4 rings (SSSR count). The highest BCUT2D eigenvalue weighted by Gasteiger charge is 2.19. The van der Waals surface area contributed by atoms with Crippen molar-refractivity contribution in [2.24, 2.45) is 5.73 Å². The molecule has 2 heterocycles. The molecule has 1 unspecified atom stereocenters. The molecule has 32 heavy (non-hydrogen) atoms. The first-order valence-corrected chi connectivity index (χ1v) is 11.4. The van der Waals surface area contributed by atoms with Crippen molar-refractivity contribution in [2.75, 3.05) is 5.32 Å². The second kappa shape index (κ2) is 9.95. The van der Waals surface area contributed by atoms with Gasteiger partial charge in [0.05, 0.1) is 12.5 Å². The molecular weight excluding hydrogens is 472 g/mol. The van der Waals surface area contributed by atoms with Crippen LogP contribution in [0.5, 0.6) is 0 Å². The zero-order valence-corrected chi connectivity index (χ0v) is 19.1. The van der Waals surface area contributed by atoms with Gasteiger partial charge < -0.3 is 20.9 Å². The lowest BCUT2D eigenvalue weighted by atomic mass is 10.0. The van der Waals surface area contributed by atoms with Crippen LogP contribution in [-0.4, -0.2) is 26.7 Å². The van der Waals surface area contributed by atoms with Crippen molar-refractivity contribution in [3.63, 3.8) is 0 Å². The van der Waals surface area contributed by atoms with E-state index in [9.17, 15) is 9.59 Å². The Balaban J connectivity index is 1.50. The summed E-state index contributed by atoms with van der Waals surface area (Å²) in [6.45, 7) is 0.904. The second-order valence-corrected chi connectivity index (χ2v) is 8.77. The summed E-state index contributed by atoms with van der Waals surface area (Å²) in [5, 5.41) is 14.3. The van der Waals surface area contributed by atoms with E-state index in [2.05, 4.69) is 41.3 Å². The molecule has 0 radical (unpaired) electrons. The Kier molecular flexibility index (Phi) is 6.84. The molecule has 0 bridgehead atoms. The third-order valence-corrected chi connectivity index (χ3v) is 5.96. The van der Waals surface area contributed by atoms with Crippen LogP contribution in [-0.2, 0) is 17.8 Å². The van der Waals surface area contributed by atoms with E-state index in [4.69, 9.17) is 5.73 Å². The van der Waals surface area contributed by atoms with Gasteiger partial charge >= 0.3 is 6.03 Å². The number of urea groups is 1. The van der Waals surface area contributed by atoms with Crippen LogP contribution in [0.1, 0.15) is 43.1 Å². The molecule has 0 saturated carbocycles. The largest absolute Gasteiger partial charge is 0.352 e. The molecule has 0 fully saturated rings. The number of hydrogen-bond donors (Lipinski definition) is 3. The number of nitrogens with two attached hydrogens (primary N) is 1. The summed E-state index contributed by atoms with van der Waals surface area (Å²) in [5.41, 5.74) is 7.68. The van der Waals surface area contributed by atoms with Gasteiger partial charge in [-0.05, 0) is 42.7 Å². The van der Waals surface area contributed by atoms with Gasteiger partial charge in [0, 0.05) is 28.7 Å². The van der Waals surface area contributed by atoms with Gasteiger partial charge in [0.25, 0.3) is 0 Å². The Labute approximate surface area is 194 Å². The minimum Gasteiger partial charge on any atom is -0.352 e. The number of aromatic nitrogens is 3. The van der Waals surface area contributed by atoms with Crippen LogP contribution in [0, 0.1) is 0 Å². The number of nitrogens with one attached hydrogen (secondary N) is 2. The fraction of sp³-hybridized carbons (Fsp3) is 0.304. The number of anilines is 1. The van der Waals surface area contributed by atoms with Crippen molar-refractivity contribution in [1.29, 1.82) is 0 Å². The van der Waals surface area contributed by atoms with E-state index in [0.29, 0.717) is 5.69 Å². The maximum Gasteiger partial charge on any atom is 0.312 e. The van der Waals surface area contributed by atoms with E-state index in [1.165, 1.54) is 6.42 Å². The number of carbonyl (C=O) groups excluding carboxylic acids is 2. The molecule has 4 N–H and O–H groups in total. The summed E-state index contributed by atoms with van der Waals surface area (Å²) >= 11 is 3.42. The summed E-state index contributed by atoms with van der Waals surface area (Å²) in [7, 11) is 0. The molecule has 3 amide bonds. The molecule has 1 atom stereocenters. The predicted octanol–water partition coefficient (Wildman–Crippen LogP) is 4.17. The Morgan fingerprint density at radius 2 is 1.94 bits per heavy atom. The number of nitrogens with zero attached hydrogens (tertiary/aromatic N) is 3. The van der Waals surface area contributed by atoms with E-state index < -0.39 is 12.1 Å². The summed E-state index contributed by atoms with van der Waals surface area (Å²) in [5.74, 6) is 1.60. The van der Waals surface area contributed by atoms with E-state index in [1.54, 1.807) is 0 Å². The van der Waals surface area contributed by atoms with Crippen molar-refractivity contribution < 1.29 is 9.59 Å². The minimum absolute atomic E-state index is 0.0456. The van der Waals surface area contributed by atoms with Crippen LogP contribution in [0.15, 0.2) is 53.0 Å². The Morgan fingerprint density at radius 3 is 2.75 bits per heavy atom. The lowest BCUT2D eigenvalue weighted by Gasteiger charge is -2.18. The van der Waals surface area contributed by atoms with Gasteiger partial charge in [-0.1, -0.05) is 46.6 Å². The van der Waals surface area contributed by atoms with Crippen LogP contribution in [0.25, 0.3) is 11.4 Å². The molecule has 9 heteroatoms. The highest BCUT2D eigenvalue weighted by Crippen LogP contribution is 2.26. The fourth-order valence-corrected chi connectivity index (χ4v) is 4.40. The van der Waals surface area contributed by atoms with E-state index in [0.717, 1.165) is 53.1 Å². The standard InChI is InChI=1S/C23H25BrN6O2/c24-17-8-4-6-15(12-17)19(27-23(25)32)14-21(31)26-18-9-5-7-16(13-18)22-29-28-20-10-2-1-3-11-30(20)22/h4-9,12-13,19H,1-3,10-11,14H2,(H,26,31)(H3,25,27,32). The molecule has 8 nitrogen and oxygen atoms in total. The lowest BCUT2D eigenvalue weighted by Crippen LogP contribution is -2.35. The molecule has 3 aromatic rings. The number of amides is 3. The Bertz CT molecular complexity index is 1130. The number of hydrogen-bond acceptors (Lipinski definition) is 4. The summed E-state index contributed by atoms with van der Waals surface area (Å²) < 4.78 is 3.03. The SMILES string of the molecule is NC(=O)NC(CC(=O)Nc1cccc(-c2nnc3n2CCCCC3)c1)c1cccc(Br)c1. The molecule has 0 spiro atoms. The van der Waals surface area contributed by atoms with Gasteiger partial charge in [0.15, 0.2) is 5.82 Å². The molecule has 0 aliphatic carbocycles. The minimum atomic E-state index is -0.683. The zero-order valence-electron chi connectivity index (χ0n) is 17.6. The van der Waals surface area contributed by atoms with Crippen LogP contribution in [0.4, 0.5) is 10.5 Å². The lowest BCUT2D eigenvalue weighted by molar-refractivity contribution is -0.116. The number of aryl methyl sites for hydroxylation is 1. The highest BCUT2D eigenvalue weighted by atomic mass is 79.9. The topological polar surface area (TPSA) is 115 Å². The van der Waals surface area contributed by atoms with Gasteiger partial charge in [-0.25, -0.2) is 4.79 Å². The van der Waals surface area contributed by atoms with Crippen molar-refractivity contribution in [3.8, 4) is 11.4 Å². The Morgan fingerprint density at radius 1 is 1.09 bits per heavy atom. The number of rotatable bonds is 6. The number of primary amides is 1. The van der Waals surface area contributed by atoms with Crippen molar-refractivity contribution in [2.45, 2.75) is 44.7 Å². The summed E-state index contributed by atoms with van der Waals surface area (Å²) in [4.78, 5) is 24.3. The third-order valence-electron chi connectivity index (χ3n) is 5.47. The highest BCUT2D eigenvalue weighted by molar-refractivity contribution is 9.10. The number of benzene rings is 2. The average Bonchev–Trinajstić information content (AvgIpc) is 3.01. The van der Waals surface area contributed by atoms with Gasteiger partial charge in [-0.2, -0.15) is 0 Å². The monoisotopic (exact) mass is 496 g/mol. The summed E-state index contributed by atoms with van der Waals surface area (Å²) in [6.07, 6.45) is 4.42. The van der Waals surface area contributed by atoms with Crippen LogP contribution in [0.3, 0.4) is 0 Å². The number of halogens is 1. The molecule has 1 aromatic heterocycles. The number of fused-ring (bicyclic) bond motifs is 1. The average molecular weight is 497 g/mol. The third kappa shape index (κ3) is 5.34. The van der Waals surface area contributed by atoms with Gasteiger partial charge in [0.1, 0.15) is 5.82 Å². The van der Waals surface area contributed by atoms with Crippen LogP contribution in [0.2, 0.25) is 0 Å². The van der Waals surface area contributed by atoms with E-state index in [-0.39, 0.29) is 12.3 Å². The van der Waals surface area contributed by atoms with Crippen molar-refractivity contribution in [1.82, 2.24) is 20.1 Å². The summed E-state index contributed by atoms with van der Waals surface area (Å²) in [6, 6.07) is 13.8. The smallest absolute Gasteiger partial charge is 0.312 e. The Hall–Kier alpha value is -3.20. The molecule has 0 saturated heterocycles. The second-order valence-electron chi connectivity index (χ2n) is 7.85. The molecule has 1 aliphatic heterocycles. The molecule has 1 aliphatic rings. The molecular formula is C23H25BrN6O2. The molecule has 166 valence electrons. The van der Waals surface area contributed by atoms with Gasteiger partial charge in [-0.3, -0.25) is 4.79 Å². The normalized spacial score (nSPS) is 14.2. The first kappa shape index (κ1) is 22.0. The number of carbonyl (C=O) groups is 2. The van der Waals surface area contributed by atoms with Crippen molar-refractivity contribution >= 4 is 33.6 Å². The van der Waals surface area contributed by atoms with E-state index >= 15 is 0 Å². The maximum absolute atomic E-state index is 12.8. The quantitative estimate of drug-likeness (QED) is 0.474. The van der Waals surface area contributed by atoms with Crippen LogP contribution < -0.4 is 16.4 Å². The zero-order chi connectivity index (χ0) is 22.5. The van der Waals surface area contributed by atoms with Gasteiger partial charge in [0.2, 0.25) is 5.91 Å². The first-order chi connectivity index (χ1) is 15.5. The van der Waals surface area contributed by atoms with Crippen LogP contribution >= 0.6 is 15.9 Å².